The summed E-state index contributed by atoms with van der Waals surface area (Å²) in [4.78, 5) is 25.6. The molecule has 35 heavy (non-hydrogen) atoms. The van der Waals surface area contributed by atoms with Crippen LogP contribution in [0.2, 0.25) is 5.02 Å². The summed E-state index contributed by atoms with van der Waals surface area (Å²) in [7, 11) is -3.95. The Bertz CT molecular complexity index is 1410. The smallest absolute Gasteiger partial charge is 0.339 e. The highest BCUT2D eigenvalue weighted by molar-refractivity contribution is 7.89. The first-order valence-electron chi connectivity index (χ1n) is 11.8. The van der Waals surface area contributed by atoms with E-state index in [2.05, 4.69) is 4.72 Å². The van der Waals surface area contributed by atoms with Gasteiger partial charge >= 0.3 is 11.6 Å². The van der Waals surface area contributed by atoms with Crippen LogP contribution in [0.3, 0.4) is 0 Å². The first-order valence-corrected chi connectivity index (χ1v) is 13.6. The van der Waals surface area contributed by atoms with Gasteiger partial charge in [-0.3, -0.25) is 0 Å². The van der Waals surface area contributed by atoms with Crippen LogP contribution in [0.5, 0.6) is 5.75 Å². The minimum Gasteiger partial charge on any atom is -0.424 e. The number of halogens is 1. The number of esters is 1. The van der Waals surface area contributed by atoms with Gasteiger partial charge < -0.3 is 9.15 Å². The van der Waals surface area contributed by atoms with Crippen molar-refractivity contribution in [2.24, 2.45) is 0 Å². The molecule has 1 unspecified atom stereocenters. The number of hydrogen-bond acceptors (Lipinski definition) is 6. The van der Waals surface area contributed by atoms with Crippen molar-refractivity contribution in [3.05, 3.63) is 68.5 Å². The molecule has 0 saturated carbocycles. The predicted octanol–water partition coefficient (Wildman–Crippen LogP) is 5.08. The lowest BCUT2D eigenvalue weighted by molar-refractivity contribution is -0.136. The number of aryl methyl sites for hydroxylation is 2. The molecule has 0 aliphatic heterocycles. The van der Waals surface area contributed by atoms with E-state index in [1.54, 1.807) is 18.2 Å². The van der Waals surface area contributed by atoms with Crippen molar-refractivity contribution in [3.63, 3.8) is 0 Å². The number of ether oxygens (including phenoxy) is 1. The molecule has 0 amide bonds. The summed E-state index contributed by atoms with van der Waals surface area (Å²) in [5.74, 6) is -0.769. The second-order valence-corrected chi connectivity index (χ2v) is 11.0. The molecule has 4 rings (SSSR count). The normalized spacial score (nSPS) is 14.5. The molecule has 0 bridgehead atoms. The predicted molar refractivity (Wildman–Crippen MR) is 135 cm³/mol. The van der Waals surface area contributed by atoms with Crippen molar-refractivity contribution in [1.29, 1.82) is 0 Å². The van der Waals surface area contributed by atoms with Crippen LogP contribution in [0.4, 0.5) is 0 Å². The van der Waals surface area contributed by atoms with Crippen LogP contribution in [0.15, 0.2) is 50.5 Å². The van der Waals surface area contributed by atoms with Crippen molar-refractivity contribution in [3.8, 4) is 5.75 Å². The number of fused-ring (bicyclic) bond motifs is 3. The summed E-state index contributed by atoms with van der Waals surface area (Å²) in [6.45, 7) is 3.80. The summed E-state index contributed by atoms with van der Waals surface area (Å²) in [5, 5.41) is 0.912. The van der Waals surface area contributed by atoms with Crippen molar-refractivity contribution in [2.75, 3.05) is 0 Å². The second-order valence-electron chi connectivity index (χ2n) is 8.88. The summed E-state index contributed by atoms with van der Waals surface area (Å²) < 4.78 is 39.3. The van der Waals surface area contributed by atoms with E-state index in [1.165, 1.54) is 18.2 Å². The Labute approximate surface area is 209 Å². The Morgan fingerprint density at radius 1 is 1.14 bits per heavy atom. The summed E-state index contributed by atoms with van der Waals surface area (Å²) in [6, 6.07) is 8.32. The van der Waals surface area contributed by atoms with E-state index in [-0.39, 0.29) is 27.7 Å². The zero-order chi connectivity index (χ0) is 25.2. The van der Waals surface area contributed by atoms with Gasteiger partial charge in [-0.2, -0.15) is 4.72 Å². The summed E-state index contributed by atoms with van der Waals surface area (Å²) in [5.41, 5.74) is 2.42. The van der Waals surface area contributed by atoms with Gasteiger partial charge in [0, 0.05) is 17.0 Å². The standard InChI is InChI=1S/C26H28ClNO6S/c1-3-4-9-22(28-35(31,32)17-12-10-16(2)11-13-17)26(30)34-24-15-23-20(14-21(24)27)18-7-5-6-8-19(18)25(29)33-23/h10-15,22,28H,3-9H2,1-2H3. The minimum atomic E-state index is -3.95. The summed E-state index contributed by atoms with van der Waals surface area (Å²) in [6.07, 6.45) is 4.97. The lowest BCUT2D eigenvalue weighted by Gasteiger charge is -2.19. The van der Waals surface area contributed by atoms with Gasteiger partial charge in [-0.15, -0.1) is 0 Å². The molecule has 1 aliphatic rings. The van der Waals surface area contributed by atoms with Gasteiger partial charge in [0.1, 0.15) is 11.6 Å². The Hall–Kier alpha value is -2.68. The summed E-state index contributed by atoms with van der Waals surface area (Å²) >= 11 is 6.45. The molecule has 0 saturated heterocycles. The first kappa shape index (κ1) is 25.4. The van der Waals surface area contributed by atoms with Crippen LogP contribution in [0, 0.1) is 6.92 Å². The number of carbonyl (C=O) groups is 1. The van der Waals surface area contributed by atoms with E-state index < -0.39 is 27.7 Å². The first-order chi connectivity index (χ1) is 16.7. The van der Waals surface area contributed by atoms with Crippen molar-refractivity contribution in [1.82, 2.24) is 4.72 Å². The molecule has 0 spiro atoms. The quantitative estimate of drug-likeness (QED) is 0.254. The van der Waals surface area contributed by atoms with Crippen LogP contribution < -0.4 is 15.1 Å². The van der Waals surface area contributed by atoms with Crippen molar-refractivity contribution >= 4 is 38.6 Å². The zero-order valence-electron chi connectivity index (χ0n) is 19.7. The highest BCUT2D eigenvalue weighted by atomic mass is 35.5. The van der Waals surface area contributed by atoms with Crippen LogP contribution in [-0.4, -0.2) is 20.4 Å². The number of hydrogen-bond donors (Lipinski definition) is 1. The van der Waals surface area contributed by atoms with E-state index in [9.17, 15) is 18.0 Å². The topological polar surface area (TPSA) is 103 Å². The van der Waals surface area contributed by atoms with E-state index in [1.807, 2.05) is 13.8 Å². The largest absolute Gasteiger partial charge is 0.424 e. The third-order valence-corrected chi connectivity index (χ3v) is 8.03. The molecular weight excluding hydrogens is 490 g/mol. The molecule has 3 aromatic rings. The average Bonchev–Trinajstić information content (AvgIpc) is 2.83. The molecule has 1 N–H and O–H groups in total. The lowest BCUT2D eigenvalue weighted by Crippen LogP contribution is -2.43. The fourth-order valence-electron chi connectivity index (χ4n) is 4.31. The Morgan fingerprint density at radius 2 is 1.83 bits per heavy atom. The van der Waals surface area contributed by atoms with Crippen LogP contribution in [-0.2, 0) is 27.7 Å². The molecule has 1 aromatic heterocycles. The number of rotatable bonds is 8. The Kier molecular flexibility index (Phi) is 7.64. The Morgan fingerprint density at radius 3 is 2.51 bits per heavy atom. The monoisotopic (exact) mass is 517 g/mol. The molecule has 1 heterocycles. The lowest BCUT2D eigenvalue weighted by atomic mass is 9.90. The fourth-order valence-corrected chi connectivity index (χ4v) is 5.73. The molecule has 0 fully saturated rings. The third kappa shape index (κ3) is 5.60. The van der Waals surface area contributed by atoms with Gasteiger partial charge in [-0.25, -0.2) is 18.0 Å². The van der Waals surface area contributed by atoms with Crippen molar-refractivity contribution < 1.29 is 22.4 Å². The number of sulfonamides is 1. The van der Waals surface area contributed by atoms with Crippen LogP contribution in [0.25, 0.3) is 11.0 Å². The number of nitrogens with one attached hydrogen (secondary N) is 1. The Balaban J connectivity index is 1.62. The van der Waals surface area contributed by atoms with Gasteiger partial charge in [0.2, 0.25) is 10.0 Å². The third-order valence-electron chi connectivity index (χ3n) is 6.25. The molecular formula is C26H28ClNO6S. The average molecular weight is 518 g/mol. The molecule has 9 heteroatoms. The van der Waals surface area contributed by atoms with Crippen LogP contribution in [0.1, 0.15) is 55.7 Å². The SMILES string of the molecule is CCCCC(NS(=O)(=O)c1ccc(C)cc1)C(=O)Oc1cc2oc(=O)c3c(c2cc1Cl)CCCC3. The number of unbranched alkanes of at least 4 members (excludes halogenated alkanes) is 1. The van der Waals surface area contributed by atoms with E-state index in [0.717, 1.165) is 42.2 Å². The molecule has 7 nitrogen and oxygen atoms in total. The molecule has 1 atom stereocenters. The number of carbonyl (C=O) groups excluding carboxylic acids is 1. The van der Waals surface area contributed by atoms with E-state index in [4.69, 9.17) is 20.8 Å². The maximum atomic E-state index is 13.1. The highest BCUT2D eigenvalue weighted by Gasteiger charge is 2.28. The van der Waals surface area contributed by atoms with Gasteiger partial charge in [0.05, 0.1) is 9.92 Å². The molecule has 0 radical (unpaired) electrons. The zero-order valence-corrected chi connectivity index (χ0v) is 21.3. The van der Waals surface area contributed by atoms with Gasteiger partial charge in [-0.1, -0.05) is 49.1 Å². The molecule has 186 valence electrons. The molecule has 1 aliphatic carbocycles. The number of benzene rings is 2. The van der Waals surface area contributed by atoms with Crippen LogP contribution >= 0.6 is 11.6 Å². The maximum Gasteiger partial charge on any atom is 0.339 e. The van der Waals surface area contributed by atoms with E-state index in [0.29, 0.717) is 18.4 Å². The second kappa shape index (κ2) is 10.5. The maximum absolute atomic E-state index is 13.1. The van der Waals surface area contributed by atoms with Gasteiger partial charge in [0.15, 0.2) is 5.75 Å². The fraction of sp³-hybridized carbons (Fsp3) is 0.385. The molecule has 2 aromatic carbocycles. The van der Waals surface area contributed by atoms with E-state index >= 15 is 0 Å². The van der Waals surface area contributed by atoms with Gasteiger partial charge in [0.25, 0.3) is 0 Å². The highest BCUT2D eigenvalue weighted by Crippen LogP contribution is 2.34. The minimum absolute atomic E-state index is 0.0131. The van der Waals surface area contributed by atoms with Crippen molar-refractivity contribution in [2.45, 2.75) is 69.7 Å². The van der Waals surface area contributed by atoms with Gasteiger partial charge in [-0.05, 0) is 62.8 Å².